The van der Waals surface area contributed by atoms with Crippen LogP contribution in [0.2, 0.25) is 0 Å². The number of benzene rings is 1. The fraction of sp³-hybridized carbons (Fsp3) is 0.577. The fourth-order valence-corrected chi connectivity index (χ4v) is 4.96. The average Bonchev–Trinajstić information content (AvgIpc) is 2.82. The van der Waals surface area contributed by atoms with Crippen molar-refractivity contribution in [2.75, 3.05) is 53.5 Å². The topological polar surface area (TPSA) is 45.2 Å². The minimum Gasteiger partial charge on any atom is -0.501 e. The van der Waals surface area contributed by atoms with Crippen molar-refractivity contribution < 1.29 is 14.3 Å². The number of allylic oxidation sites excluding steroid dienone is 1. The minimum absolute atomic E-state index is 0.00570. The highest BCUT2D eigenvalue weighted by Gasteiger charge is 2.35. The Labute approximate surface area is 192 Å². The Bertz CT molecular complexity index is 867. The van der Waals surface area contributed by atoms with Gasteiger partial charge >= 0.3 is 0 Å². The molecule has 1 atom stereocenters. The summed E-state index contributed by atoms with van der Waals surface area (Å²) in [6.45, 7) is 9.38. The van der Waals surface area contributed by atoms with E-state index in [1.54, 1.807) is 7.11 Å². The first kappa shape index (κ1) is 22.9. The first-order chi connectivity index (χ1) is 15.5. The molecule has 1 unspecified atom stereocenters. The predicted molar refractivity (Wildman–Crippen MR) is 127 cm³/mol. The molecular formula is C26H37N3O3. The number of methoxy groups -OCH3 is 1. The van der Waals surface area contributed by atoms with Crippen molar-refractivity contribution in [3.8, 4) is 5.75 Å². The maximum Gasteiger partial charge on any atom is 0.264 e. The zero-order valence-corrected chi connectivity index (χ0v) is 20.0. The van der Waals surface area contributed by atoms with E-state index in [0.717, 1.165) is 57.0 Å². The maximum atomic E-state index is 13.0. The van der Waals surface area contributed by atoms with E-state index in [-0.39, 0.29) is 12.5 Å². The summed E-state index contributed by atoms with van der Waals surface area (Å²) >= 11 is 0. The van der Waals surface area contributed by atoms with Crippen molar-refractivity contribution in [3.63, 3.8) is 0 Å². The second-order valence-corrected chi connectivity index (χ2v) is 9.43. The summed E-state index contributed by atoms with van der Waals surface area (Å²) in [5.74, 6) is 2.32. The Morgan fingerprint density at radius 1 is 1.06 bits per heavy atom. The number of fused-ring (bicyclic) bond motifs is 1. The number of rotatable bonds is 6. The van der Waals surface area contributed by atoms with Gasteiger partial charge in [0.15, 0.2) is 6.61 Å². The van der Waals surface area contributed by atoms with Crippen LogP contribution in [0.1, 0.15) is 44.6 Å². The largest absolute Gasteiger partial charge is 0.501 e. The lowest BCUT2D eigenvalue weighted by atomic mass is 9.83. The lowest BCUT2D eigenvalue weighted by Gasteiger charge is -2.43. The van der Waals surface area contributed by atoms with Gasteiger partial charge in [-0.1, -0.05) is 26.0 Å². The van der Waals surface area contributed by atoms with Crippen LogP contribution in [0, 0.1) is 0 Å². The van der Waals surface area contributed by atoms with E-state index in [2.05, 4.69) is 49.0 Å². The summed E-state index contributed by atoms with van der Waals surface area (Å²) < 4.78 is 11.5. The van der Waals surface area contributed by atoms with Gasteiger partial charge in [0.05, 0.1) is 12.9 Å². The third-order valence-corrected chi connectivity index (χ3v) is 7.04. The van der Waals surface area contributed by atoms with Crippen LogP contribution in [0.5, 0.6) is 5.75 Å². The van der Waals surface area contributed by atoms with Crippen molar-refractivity contribution in [1.29, 1.82) is 0 Å². The van der Waals surface area contributed by atoms with Gasteiger partial charge < -0.3 is 19.3 Å². The zero-order chi connectivity index (χ0) is 22.7. The van der Waals surface area contributed by atoms with E-state index in [1.165, 1.54) is 16.7 Å². The first-order valence-electron chi connectivity index (χ1n) is 11.9. The summed E-state index contributed by atoms with van der Waals surface area (Å²) in [6, 6.07) is 8.40. The van der Waals surface area contributed by atoms with Gasteiger partial charge in [0.2, 0.25) is 0 Å². The Balaban J connectivity index is 1.46. The van der Waals surface area contributed by atoms with Crippen LogP contribution in [0.3, 0.4) is 0 Å². The molecule has 3 aliphatic rings. The maximum absolute atomic E-state index is 13.0. The second kappa shape index (κ2) is 10.1. The molecule has 0 saturated carbocycles. The SMILES string of the molecule is COC1=C2CCN(C(=O)COc3ccc(C(C)C)cc3)C=C2C(N2CCN(C)CC2)CC1. The van der Waals surface area contributed by atoms with Gasteiger partial charge in [0.25, 0.3) is 5.91 Å². The predicted octanol–water partition coefficient (Wildman–Crippen LogP) is 3.62. The summed E-state index contributed by atoms with van der Waals surface area (Å²) in [6.07, 6.45) is 4.94. The molecule has 0 bridgehead atoms. The molecule has 0 radical (unpaired) electrons. The molecule has 1 aliphatic carbocycles. The summed E-state index contributed by atoms with van der Waals surface area (Å²) in [7, 11) is 3.95. The van der Waals surface area contributed by atoms with Gasteiger partial charge in [0.1, 0.15) is 5.75 Å². The van der Waals surface area contributed by atoms with Crippen LogP contribution < -0.4 is 4.74 Å². The van der Waals surface area contributed by atoms with Crippen LogP contribution in [-0.2, 0) is 9.53 Å². The highest BCUT2D eigenvalue weighted by Crippen LogP contribution is 2.38. The molecular weight excluding hydrogens is 402 g/mol. The summed E-state index contributed by atoms with van der Waals surface area (Å²) in [5, 5.41) is 0. The van der Waals surface area contributed by atoms with Gasteiger partial charge in [-0.25, -0.2) is 0 Å². The van der Waals surface area contributed by atoms with Crippen molar-refractivity contribution in [1.82, 2.24) is 14.7 Å². The molecule has 0 N–H and O–H groups in total. The third kappa shape index (κ3) is 5.02. The molecule has 174 valence electrons. The molecule has 0 aromatic heterocycles. The van der Waals surface area contributed by atoms with Crippen LogP contribution in [0.15, 0.2) is 47.4 Å². The van der Waals surface area contributed by atoms with Gasteiger partial charge in [0, 0.05) is 51.4 Å². The lowest BCUT2D eigenvalue weighted by molar-refractivity contribution is -0.131. The van der Waals surface area contributed by atoms with E-state index in [1.807, 2.05) is 17.0 Å². The number of carbonyl (C=O) groups excluding carboxylic acids is 1. The van der Waals surface area contributed by atoms with Crippen molar-refractivity contribution in [2.24, 2.45) is 0 Å². The number of nitrogens with zero attached hydrogens (tertiary/aromatic N) is 3. The standard InChI is InChI=1S/C26H37N3O3/c1-19(2)20-5-7-21(8-6-20)32-18-26(30)29-12-11-22-23(17-29)24(9-10-25(22)31-4)28-15-13-27(3)14-16-28/h5-8,17,19,24H,9-16,18H2,1-4H3. The first-order valence-corrected chi connectivity index (χ1v) is 11.9. The van der Waals surface area contributed by atoms with Gasteiger partial charge in [-0.3, -0.25) is 9.69 Å². The third-order valence-electron chi connectivity index (χ3n) is 7.04. The van der Waals surface area contributed by atoms with Crippen molar-refractivity contribution in [2.45, 2.75) is 45.1 Å². The molecule has 4 rings (SSSR count). The van der Waals surface area contributed by atoms with Crippen molar-refractivity contribution in [3.05, 3.63) is 52.9 Å². The molecule has 1 saturated heterocycles. The number of ether oxygens (including phenoxy) is 2. The number of hydrogen-bond donors (Lipinski definition) is 0. The van der Waals surface area contributed by atoms with Crippen LogP contribution in [0.25, 0.3) is 0 Å². The average molecular weight is 440 g/mol. The van der Waals surface area contributed by atoms with Gasteiger partial charge in [-0.2, -0.15) is 0 Å². The van der Waals surface area contributed by atoms with Gasteiger partial charge in [-0.15, -0.1) is 0 Å². The van der Waals surface area contributed by atoms with E-state index >= 15 is 0 Å². The van der Waals surface area contributed by atoms with Gasteiger partial charge in [-0.05, 0) is 54.6 Å². The highest BCUT2D eigenvalue weighted by molar-refractivity contribution is 5.79. The minimum atomic E-state index is 0.00570. The Hall–Kier alpha value is -2.31. The molecule has 1 aromatic carbocycles. The molecule has 32 heavy (non-hydrogen) atoms. The van der Waals surface area contributed by atoms with Crippen LogP contribution in [0.4, 0.5) is 0 Å². The normalized spacial score (nSPS) is 22.6. The molecule has 6 nitrogen and oxygen atoms in total. The van der Waals surface area contributed by atoms with Crippen LogP contribution >= 0.6 is 0 Å². The molecule has 2 heterocycles. The van der Waals surface area contributed by atoms with E-state index < -0.39 is 0 Å². The summed E-state index contributed by atoms with van der Waals surface area (Å²) in [5.41, 5.74) is 3.83. The fourth-order valence-electron chi connectivity index (χ4n) is 4.96. The van der Waals surface area contributed by atoms with Crippen molar-refractivity contribution >= 4 is 5.91 Å². The molecule has 1 amide bonds. The number of hydrogen-bond acceptors (Lipinski definition) is 5. The molecule has 1 fully saturated rings. The number of amides is 1. The van der Waals surface area contributed by atoms with E-state index in [4.69, 9.17) is 9.47 Å². The lowest BCUT2D eigenvalue weighted by Crippen LogP contribution is -2.51. The second-order valence-electron chi connectivity index (χ2n) is 9.43. The Kier molecular flexibility index (Phi) is 7.21. The smallest absolute Gasteiger partial charge is 0.264 e. The van der Waals surface area contributed by atoms with E-state index in [0.29, 0.717) is 18.5 Å². The number of likely N-dealkylation sites (N-methyl/N-ethyl adjacent to an activating group) is 1. The highest BCUT2D eigenvalue weighted by atomic mass is 16.5. The van der Waals surface area contributed by atoms with Crippen LogP contribution in [-0.4, -0.2) is 80.1 Å². The Morgan fingerprint density at radius 3 is 2.44 bits per heavy atom. The number of carbonyl (C=O) groups is 1. The quantitative estimate of drug-likeness (QED) is 0.678. The molecule has 6 heteroatoms. The summed E-state index contributed by atoms with van der Waals surface area (Å²) in [4.78, 5) is 19.8. The monoisotopic (exact) mass is 439 g/mol. The Morgan fingerprint density at radius 2 is 1.78 bits per heavy atom. The molecule has 0 spiro atoms. The zero-order valence-electron chi connectivity index (χ0n) is 20.0. The molecule has 2 aliphatic heterocycles. The molecule has 1 aromatic rings. The number of piperazine rings is 1. The van der Waals surface area contributed by atoms with E-state index in [9.17, 15) is 4.79 Å².